The Morgan fingerprint density at radius 3 is 2.47 bits per heavy atom. The van der Waals surface area contributed by atoms with Crippen molar-refractivity contribution in [3.63, 3.8) is 0 Å². The van der Waals surface area contributed by atoms with Gasteiger partial charge in [-0.2, -0.15) is 0 Å². The van der Waals surface area contributed by atoms with Crippen LogP contribution in [0, 0.1) is 0 Å². The van der Waals surface area contributed by atoms with E-state index in [1.807, 2.05) is 20.8 Å². The van der Waals surface area contributed by atoms with Crippen molar-refractivity contribution < 1.29 is 14.6 Å². The molecule has 2 N–H and O–H groups in total. The minimum atomic E-state index is -0.103. The van der Waals surface area contributed by atoms with Crippen molar-refractivity contribution >= 4 is 0 Å². The molecule has 17 heavy (non-hydrogen) atoms. The summed E-state index contributed by atoms with van der Waals surface area (Å²) in [7, 11) is 0. The van der Waals surface area contributed by atoms with E-state index in [9.17, 15) is 0 Å². The molecule has 0 fully saturated rings. The second-order valence-electron chi connectivity index (χ2n) is 5.20. The summed E-state index contributed by atoms with van der Waals surface area (Å²) in [5.74, 6) is 0. The Bertz CT molecular complexity index is 169. The monoisotopic (exact) mass is 247 g/mol. The van der Waals surface area contributed by atoms with Gasteiger partial charge in [-0.15, -0.1) is 0 Å². The van der Waals surface area contributed by atoms with Crippen LogP contribution in [0.15, 0.2) is 0 Å². The Balaban J connectivity index is 3.53. The molecule has 0 amide bonds. The largest absolute Gasteiger partial charge is 0.396 e. The van der Waals surface area contributed by atoms with Gasteiger partial charge in [-0.25, -0.2) is 0 Å². The van der Waals surface area contributed by atoms with Gasteiger partial charge < -0.3 is 19.9 Å². The number of aliphatic hydroxyl groups excluding tert-OH is 1. The van der Waals surface area contributed by atoms with E-state index in [2.05, 4.69) is 12.2 Å². The van der Waals surface area contributed by atoms with Crippen molar-refractivity contribution in [3.8, 4) is 0 Å². The van der Waals surface area contributed by atoms with E-state index in [1.54, 1.807) is 0 Å². The lowest BCUT2D eigenvalue weighted by molar-refractivity contribution is -0.0378. The van der Waals surface area contributed by atoms with Crippen LogP contribution < -0.4 is 5.32 Å². The van der Waals surface area contributed by atoms with Crippen LogP contribution in [0.2, 0.25) is 0 Å². The van der Waals surface area contributed by atoms with Gasteiger partial charge in [-0.1, -0.05) is 6.92 Å². The van der Waals surface area contributed by atoms with Crippen molar-refractivity contribution in [3.05, 3.63) is 0 Å². The van der Waals surface area contributed by atoms with Crippen LogP contribution >= 0.6 is 0 Å². The molecule has 0 aliphatic carbocycles. The van der Waals surface area contributed by atoms with Gasteiger partial charge in [-0.3, -0.25) is 0 Å². The second-order valence-corrected chi connectivity index (χ2v) is 5.20. The first-order chi connectivity index (χ1) is 7.99. The maximum Gasteiger partial charge on any atom is 0.0707 e. The van der Waals surface area contributed by atoms with Gasteiger partial charge in [0.2, 0.25) is 0 Å². The third-order valence-corrected chi connectivity index (χ3v) is 2.24. The number of nitrogens with one attached hydrogen (secondary N) is 1. The van der Waals surface area contributed by atoms with Crippen LogP contribution in [0.25, 0.3) is 0 Å². The van der Waals surface area contributed by atoms with Gasteiger partial charge in [0.05, 0.1) is 25.4 Å². The summed E-state index contributed by atoms with van der Waals surface area (Å²) in [6, 6.07) is 0.245. The molecule has 4 heteroatoms. The molecule has 1 unspecified atom stereocenters. The van der Waals surface area contributed by atoms with Crippen molar-refractivity contribution in [2.24, 2.45) is 0 Å². The first-order valence-corrected chi connectivity index (χ1v) is 6.55. The van der Waals surface area contributed by atoms with Crippen LogP contribution in [0.1, 0.15) is 40.5 Å². The Morgan fingerprint density at radius 2 is 1.94 bits per heavy atom. The summed E-state index contributed by atoms with van der Waals surface area (Å²) in [6.07, 6.45) is 1.83. The third kappa shape index (κ3) is 12.1. The number of ether oxygens (including phenoxy) is 2. The lowest BCUT2D eigenvalue weighted by atomic mass is 10.2. The SMILES string of the molecule is CCCNC(CCO)COCCOC(C)(C)C. The molecule has 0 saturated carbocycles. The summed E-state index contributed by atoms with van der Waals surface area (Å²) >= 11 is 0. The van der Waals surface area contributed by atoms with Gasteiger partial charge in [-0.05, 0) is 40.2 Å². The van der Waals surface area contributed by atoms with Crippen molar-refractivity contribution in [2.75, 3.05) is 33.0 Å². The maximum atomic E-state index is 8.93. The Hall–Kier alpha value is -0.160. The molecule has 0 aliphatic rings. The van der Waals surface area contributed by atoms with Crippen LogP contribution in [0.3, 0.4) is 0 Å². The van der Waals surface area contributed by atoms with E-state index in [1.165, 1.54) is 0 Å². The average molecular weight is 247 g/mol. The molecule has 0 aliphatic heterocycles. The first kappa shape index (κ1) is 16.8. The minimum absolute atomic E-state index is 0.103. The lowest BCUT2D eigenvalue weighted by Gasteiger charge is -2.21. The fourth-order valence-electron chi connectivity index (χ4n) is 1.38. The molecule has 104 valence electrons. The normalized spacial score (nSPS) is 13.9. The van der Waals surface area contributed by atoms with Crippen molar-refractivity contribution in [1.29, 1.82) is 0 Å². The molecule has 0 saturated heterocycles. The van der Waals surface area contributed by atoms with E-state index >= 15 is 0 Å². The van der Waals surface area contributed by atoms with Gasteiger partial charge in [0.1, 0.15) is 0 Å². The lowest BCUT2D eigenvalue weighted by Crippen LogP contribution is -2.35. The van der Waals surface area contributed by atoms with Crippen molar-refractivity contribution in [1.82, 2.24) is 5.32 Å². The zero-order valence-corrected chi connectivity index (χ0v) is 11.8. The predicted octanol–water partition coefficient (Wildman–Crippen LogP) is 1.57. The standard InChI is InChI=1S/C13H29NO3/c1-5-7-14-12(6-8-15)11-16-9-10-17-13(2,3)4/h12,14-15H,5-11H2,1-4H3. The third-order valence-electron chi connectivity index (χ3n) is 2.24. The Labute approximate surface area is 106 Å². The van der Waals surface area contributed by atoms with Crippen LogP contribution in [0.4, 0.5) is 0 Å². The summed E-state index contributed by atoms with van der Waals surface area (Å²) in [5, 5.41) is 12.3. The minimum Gasteiger partial charge on any atom is -0.396 e. The van der Waals surface area contributed by atoms with E-state index in [0.29, 0.717) is 19.8 Å². The number of hydrogen-bond donors (Lipinski definition) is 2. The first-order valence-electron chi connectivity index (χ1n) is 6.55. The van der Waals surface area contributed by atoms with Gasteiger partial charge in [0.15, 0.2) is 0 Å². The number of aliphatic hydroxyl groups is 1. The molecule has 0 radical (unpaired) electrons. The molecular formula is C13H29NO3. The quantitative estimate of drug-likeness (QED) is 0.575. The highest BCUT2D eigenvalue weighted by atomic mass is 16.5. The molecule has 0 spiro atoms. The molecule has 0 aromatic rings. The van der Waals surface area contributed by atoms with Crippen LogP contribution in [-0.2, 0) is 9.47 Å². The topological polar surface area (TPSA) is 50.7 Å². The zero-order valence-electron chi connectivity index (χ0n) is 11.8. The van der Waals surface area contributed by atoms with E-state index in [-0.39, 0.29) is 18.2 Å². The van der Waals surface area contributed by atoms with Crippen molar-refractivity contribution in [2.45, 2.75) is 52.2 Å². The Kier molecular flexibility index (Phi) is 9.74. The van der Waals surface area contributed by atoms with Gasteiger partial charge >= 0.3 is 0 Å². The predicted molar refractivity (Wildman–Crippen MR) is 70.3 cm³/mol. The summed E-state index contributed by atoms with van der Waals surface area (Å²) < 4.78 is 11.1. The molecule has 4 nitrogen and oxygen atoms in total. The molecule has 0 aromatic carbocycles. The molecule has 1 atom stereocenters. The van der Waals surface area contributed by atoms with E-state index < -0.39 is 0 Å². The van der Waals surface area contributed by atoms with Crippen LogP contribution in [0.5, 0.6) is 0 Å². The summed E-state index contributed by atoms with van der Waals surface area (Å²) in [4.78, 5) is 0. The zero-order chi connectivity index (χ0) is 13.1. The second kappa shape index (κ2) is 9.83. The molecule has 0 aromatic heterocycles. The van der Waals surface area contributed by atoms with E-state index in [4.69, 9.17) is 14.6 Å². The maximum absolute atomic E-state index is 8.93. The molecule has 0 heterocycles. The highest BCUT2D eigenvalue weighted by Gasteiger charge is 2.10. The van der Waals surface area contributed by atoms with Gasteiger partial charge in [0.25, 0.3) is 0 Å². The number of hydrogen-bond acceptors (Lipinski definition) is 4. The summed E-state index contributed by atoms with van der Waals surface area (Å²) in [6.45, 7) is 11.2. The van der Waals surface area contributed by atoms with E-state index in [0.717, 1.165) is 19.4 Å². The average Bonchev–Trinajstić information content (AvgIpc) is 2.23. The fraction of sp³-hybridized carbons (Fsp3) is 1.00. The van der Waals surface area contributed by atoms with Gasteiger partial charge in [0, 0.05) is 12.6 Å². The van der Waals surface area contributed by atoms with Crippen LogP contribution in [-0.4, -0.2) is 49.7 Å². The number of rotatable bonds is 10. The summed E-state index contributed by atoms with van der Waals surface area (Å²) in [5.41, 5.74) is -0.103. The highest BCUT2D eigenvalue weighted by molar-refractivity contribution is 4.65. The smallest absolute Gasteiger partial charge is 0.0707 e. The molecule has 0 bridgehead atoms. The fourth-order valence-corrected chi connectivity index (χ4v) is 1.38. The molecular weight excluding hydrogens is 218 g/mol. The highest BCUT2D eigenvalue weighted by Crippen LogP contribution is 2.05. The molecule has 0 rings (SSSR count). The Morgan fingerprint density at radius 1 is 1.24 bits per heavy atom.